The maximum atomic E-state index is 11.0. The SMILES string of the molecule is COc1ccc(-c2ccc(SCc3cccc(C(=O)O)c3)nn2)cc1. The van der Waals surface area contributed by atoms with Crippen LogP contribution in [0.15, 0.2) is 65.7 Å². The number of carboxylic acid groups (broad SMARTS) is 1. The second-order valence-electron chi connectivity index (χ2n) is 5.28. The Bertz CT molecular complexity index is 865. The fourth-order valence-corrected chi connectivity index (χ4v) is 3.02. The van der Waals surface area contributed by atoms with Crippen molar-refractivity contribution >= 4 is 17.7 Å². The van der Waals surface area contributed by atoms with Crippen molar-refractivity contribution in [3.05, 3.63) is 71.8 Å². The molecule has 0 amide bonds. The van der Waals surface area contributed by atoms with Gasteiger partial charge in [0.05, 0.1) is 18.4 Å². The van der Waals surface area contributed by atoms with Gasteiger partial charge in [0.1, 0.15) is 10.8 Å². The largest absolute Gasteiger partial charge is 0.497 e. The van der Waals surface area contributed by atoms with Gasteiger partial charge in [-0.25, -0.2) is 4.79 Å². The fourth-order valence-electron chi connectivity index (χ4n) is 2.26. The smallest absolute Gasteiger partial charge is 0.335 e. The van der Waals surface area contributed by atoms with Crippen molar-refractivity contribution in [2.75, 3.05) is 7.11 Å². The highest BCUT2D eigenvalue weighted by Crippen LogP contribution is 2.24. The molecule has 126 valence electrons. The molecular weight excluding hydrogens is 336 g/mol. The number of carbonyl (C=O) groups is 1. The standard InChI is InChI=1S/C19H16N2O3S/c1-24-16-7-5-14(6-8-16)17-9-10-18(21-20-17)25-12-13-3-2-4-15(11-13)19(22)23/h2-11H,12H2,1H3,(H,22,23). The number of thioether (sulfide) groups is 1. The molecule has 0 saturated heterocycles. The molecule has 3 aromatic rings. The number of benzene rings is 2. The summed E-state index contributed by atoms with van der Waals surface area (Å²) >= 11 is 1.52. The van der Waals surface area contributed by atoms with E-state index in [0.717, 1.165) is 27.6 Å². The summed E-state index contributed by atoms with van der Waals surface area (Å²) in [5.74, 6) is 0.514. The van der Waals surface area contributed by atoms with Crippen molar-refractivity contribution in [3.63, 3.8) is 0 Å². The molecule has 2 aromatic carbocycles. The van der Waals surface area contributed by atoms with E-state index in [0.29, 0.717) is 11.3 Å². The minimum absolute atomic E-state index is 0.291. The second-order valence-corrected chi connectivity index (χ2v) is 6.28. The van der Waals surface area contributed by atoms with Crippen LogP contribution in [0.2, 0.25) is 0 Å². The maximum absolute atomic E-state index is 11.0. The first-order valence-corrected chi connectivity index (χ1v) is 8.57. The first kappa shape index (κ1) is 17.0. The summed E-state index contributed by atoms with van der Waals surface area (Å²) in [6, 6.07) is 18.4. The minimum atomic E-state index is -0.921. The summed E-state index contributed by atoms with van der Waals surface area (Å²) in [5.41, 5.74) is 2.99. The van der Waals surface area contributed by atoms with Crippen molar-refractivity contribution < 1.29 is 14.6 Å². The number of hydrogen-bond donors (Lipinski definition) is 1. The Labute approximate surface area is 149 Å². The zero-order valence-electron chi connectivity index (χ0n) is 13.5. The van der Waals surface area contributed by atoms with Crippen molar-refractivity contribution in [1.29, 1.82) is 0 Å². The number of ether oxygens (including phenoxy) is 1. The topological polar surface area (TPSA) is 72.3 Å². The molecule has 25 heavy (non-hydrogen) atoms. The third-order valence-corrected chi connectivity index (χ3v) is 4.58. The molecule has 1 aromatic heterocycles. The lowest BCUT2D eigenvalue weighted by atomic mass is 10.1. The quantitative estimate of drug-likeness (QED) is 0.672. The normalized spacial score (nSPS) is 10.4. The summed E-state index contributed by atoms with van der Waals surface area (Å²) in [7, 11) is 1.63. The van der Waals surface area contributed by atoms with E-state index in [4.69, 9.17) is 9.84 Å². The van der Waals surface area contributed by atoms with E-state index in [1.807, 2.05) is 42.5 Å². The maximum Gasteiger partial charge on any atom is 0.335 e. The van der Waals surface area contributed by atoms with Gasteiger partial charge in [-0.05, 0) is 54.1 Å². The van der Waals surface area contributed by atoms with E-state index in [-0.39, 0.29) is 0 Å². The predicted octanol–water partition coefficient (Wildman–Crippen LogP) is 4.14. The number of carboxylic acids is 1. The first-order chi connectivity index (χ1) is 12.2. The molecule has 0 aliphatic rings. The Kier molecular flexibility index (Phi) is 5.30. The van der Waals surface area contributed by atoms with E-state index in [1.54, 1.807) is 25.3 Å². The zero-order chi connectivity index (χ0) is 17.6. The van der Waals surface area contributed by atoms with Crippen molar-refractivity contribution in [2.24, 2.45) is 0 Å². The lowest BCUT2D eigenvalue weighted by Crippen LogP contribution is -1.96. The molecule has 1 N–H and O–H groups in total. The number of nitrogens with zero attached hydrogens (tertiary/aromatic N) is 2. The molecule has 0 spiro atoms. The number of hydrogen-bond acceptors (Lipinski definition) is 5. The van der Waals surface area contributed by atoms with Gasteiger partial charge in [0.25, 0.3) is 0 Å². The van der Waals surface area contributed by atoms with E-state index in [2.05, 4.69) is 10.2 Å². The van der Waals surface area contributed by atoms with E-state index >= 15 is 0 Å². The summed E-state index contributed by atoms with van der Waals surface area (Å²) in [5, 5.41) is 18.3. The third kappa shape index (κ3) is 4.36. The Morgan fingerprint density at radius 3 is 2.52 bits per heavy atom. The molecule has 0 atom stereocenters. The molecule has 6 heteroatoms. The highest BCUT2D eigenvalue weighted by molar-refractivity contribution is 7.98. The first-order valence-electron chi connectivity index (χ1n) is 7.59. The van der Waals surface area contributed by atoms with Crippen molar-refractivity contribution in [3.8, 4) is 17.0 Å². The molecular formula is C19H16N2O3S. The summed E-state index contributed by atoms with van der Waals surface area (Å²) in [6.45, 7) is 0. The molecule has 0 bridgehead atoms. The van der Waals surface area contributed by atoms with Gasteiger partial charge < -0.3 is 9.84 Å². The molecule has 5 nitrogen and oxygen atoms in total. The molecule has 0 aliphatic heterocycles. The third-order valence-electron chi connectivity index (χ3n) is 3.59. The molecule has 0 radical (unpaired) electrons. The van der Waals surface area contributed by atoms with Crippen LogP contribution in [0.4, 0.5) is 0 Å². The summed E-state index contributed by atoms with van der Waals surface area (Å²) in [4.78, 5) is 11.0. The van der Waals surface area contributed by atoms with Crippen LogP contribution in [0, 0.1) is 0 Å². The highest BCUT2D eigenvalue weighted by Gasteiger charge is 2.05. The predicted molar refractivity (Wildman–Crippen MR) is 97.0 cm³/mol. The van der Waals surface area contributed by atoms with E-state index < -0.39 is 5.97 Å². The fraction of sp³-hybridized carbons (Fsp3) is 0.105. The van der Waals surface area contributed by atoms with Crippen LogP contribution in [-0.4, -0.2) is 28.4 Å². The van der Waals surface area contributed by atoms with Crippen LogP contribution >= 0.6 is 11.8 Å². The number of aromatic carboxylic acids is 1. The van der Waals surface area contributed by atoms with E-state index in [1.165, 1.54) is 11.8 Å². The van der Waals surface area contributed by atoms with Gasteiger partial charge >= 0.3 is 5.97 Å². The molecule has 3 rings (SSSR count). The van der Waals surface area contributed by atoms with Gasteiger partial charge in [-0.3, -0.25) is 0 Å². The molecule has 0 aliphatic carbocycles. The Morgan fingerprint density at radius 1 is 1.08 bits per heavy atom. The van der Waals surface area contributed by atoms with Crippen LogP contribution in [-0.2, 0) is 5.75 Å². The van der Waals surface area contributed by atoms with Gasteiger partial charge in [0.15, 0.2) is 0 Å². The Hall–Kier alpha value is -2.86. The summed E-state index contributed by atoms with van der Waals surface area (Å²) < 4.78 is 5.15. The Morgan fingerprint density at radius 2 is 1.88 bits per heavy atom. The van der Waals surface area contributed by atoms with Gasteiger partial charge in [0, 0.05) is 11.3 Å². The van der Waals surface area contributed by atoms with Crippen molar-refractivity contribution in [1.82, 2.24) is 10.2 Å². The van der Waals surface area contributed by atoms with Gasteiger partial charge in [0.2, 0.25) is 0 Å². The number of rotatable bonds is 6. The lowest BCUT2D eigenvalue weighted by Gasteiger charge is -2.05. The zero-order valence-corrected chi connectivity index (χ0v) is 14.4. The monoisotopic (exact) mass is 352 g/mol. The number of methoxy groups -OCH3 is 1. The molecule has 0 saturated carbocycles. The highest BCUT2D eigenvalue weighted by atomic mass is 32.2. The molecule has 0 unspecified atom stereocenters. The average molecular weight is 352 g/mol. The minimum Gasteiger partial charge on any atom is -0.497 e. The Balaban J connectivity index is 1.66. The van der Waals surface area contributed by atoms with E-state index in [9.17, 15) is 4.79 Å². The molecule has 0 fully saturated rings. The summed E-state index contributed by atoms with van der Waals surface area (Å²) in [6.07, 6.45) is 0. The van der Waals surface area contributed by atoms with Gasteiger partial charge in [-0.15, -0.1) is 10.2 Å². The van der Waals surface area contributed by atoms with Gasteiger partial charge in [-0.1, -0.05) is 23.9 Å². The second kappa shape index (κ2) is 7.81. The van der Waals surface area contributed by atoms with Crippen LogP contribution < -0.4 is 4.74 Å². The van der Waals surface area contributed by atoms with Gasteiger partial charge in [-0.2, -0.15) is 0 Å². The van der Waals surface area contributed by atoms with Crippen LogP contribution in [0.1, 0.15) is 15.9 Å². The van der Waals surface area contributed by atoms with Crippen molar-refractivity contribution in [2.45, 2.75) is 10.8 Å². The lowest BCUT2D eigenvalue weighted by molar-refractivity contribution is 0.0697. The van der Waals surface area contributed by atoms with Crippen LogP contribution in [0.5, 0.6) is 5.75 Å². The number of aromatic nitrogens is 2. The average Bonchev–Trinajstić information content (AvgIpc) is 2.67. The van der Waals surface area contributed by atoms with Crippen LogP contribution in [0.3, 0.4) is 0 Å². The molecule has 1 heterocycles. The van der Waals surface area contributed by atoms with Crippen LogP contribution in [0.25, 0.3) is 11.3 Å².